The molecule has 1 atom stereocenters. The van der Waals surface area contributed by atoms with Crippen LogP contribution < -0.4 is 5.32 Å². The molecule has 4 nitrogen and oxygen atoms in total. The standard InChI is InChI=1S/C11H14N2O2/c1-3-4-8(2)13-11(15)9-5-6-12-7-10(9)14/h3,5-8,14H,1,4H2,2H3,(H,13,15). The van der Waals surface area contributed by atoms with E-state index in [1.807, 2.05) is 6.92 Å². The largest absolute Gasteiger partial charge is 0.505 e. The minimum Gasteiger partial charge on any atom is -0.505 e. The summed E-state index contributed by atoms with van der Waals surface area (Å²) in [5.74, 6) is -0.412. The lowest BCUT2D eigenvalue weighted by Gasteiger charge is -2.11. The Bertz CT molecular complexity index is 363. The molecule has 1 amide bonds. The third-order valence-corrected chi connectivity index (χ3v) is 1.94. The molecule has 1 aromatic heterocycles. The predicted molar refractivity (Wildman–Crippen MR) is 57.6 cm³/mol. The summed E-state index contributed by atoms with van der Waals surface area (Å²) in [7, 11) is 0. The third kappa shape index (κ3) is 3.09. The molecular weight excluding hydrogens is 192 g/mol. The average Bonchev–Trinajstić information content (AvgIpc) is 2.18. The zero-order valence-corrected chi connectivity index (χ0v) is 8.60. The Morgan fingerprint density at radius 3 is 3.13 bits per heavy atom. The molecule has 0 saturated carbocycles. The Kier molecular flexibility index (Phi) is 3.85. The number of aromatic nitrogens is 1. The third-order valence-electron chi connectivity index (χ3n) is 1.94. The smallest absolute Gasteiger partial charge is 0.255 e. The van der Waals surface area contributed by atoms with Crippen LogP contribution in [0, 0.1) is 0 Å². The van der Waals surface area contributed by atoms with Crippen molar-refractivity contribution >= 4 is 5.91 Å². The molecular formula is C11H14N2O2. The van der Waals surface area contributed by atoms with Gasteiger partial charge in [-0.1, -0.05) is 6.08 Å². The second-order valence-corrected chi connectivity index (χ2v) is 3.29. The molecule has 80 valence electrons. The molecule has 0 aliphatic rings. The van der Waals surface area contributed by atoms with Gasteiger partial charge in [-0.2, -0.15) is 0 Å². The zero-order valence-electron chi connectivity index (χ0n) is 8.60. The van der Waals surface area contributed by atoms with Gasteiger partial charge in [-0.3, -0.25) is 9.78 Å². The van der Waals surface area contributed by atoms with Crippen molar-refractivity contribution < 1.29 is 9.90 Å². The van der Waals surface area contributed by atoms with Crippen LogP contribution in [0.3, 0.4) is 0 Å². The number of rotatable bonds is 4. The summed E-state index contributed by atoms with van der Waals surface area (Å²) in [6.07, 6.45) is 5.13. The van der Waals surface area contributed by atoms with Crippen LogP contribution in [-0.2, 0) is 0 Å². The maximum absolute atomic E-state index is 11.6. The number of carbonyl (C=O) groups is 1. The molecule has 0 aromatic carbocycles. The lowest BCUT2D eigenvalue weighted by atomic mass is 10.2. The van der Waals surface area contributed by atoms with Crippen LogP contribution in [0.5, 0.6) is 5.75 Å². The SMILES string of the molecule is C=CCC(C)NC(=O)c1ccncc1O. The Morgan fingerprint density at radius 1 is 1.80 bits per heavy atom. The van der Waals surface area contributed by atoms with E-state index in [-0.39, 0.29) is 23.3 Å². The predicted octanol–water partition coefficient (Wildman–Crippen LogP) is 1.48. The summed E-state index contributed by atoms with van der Waals surface area (Å²) >= 11 is 0. The quantitative estimate of drug-likeness (QED) is 0.733. The number of pyridine rings is 1. The Labute approximate surface area is 88.7 Å². The van der Waals surface area contributed by atoms with Gasteiger partial charge in [0.2, 0.25) is 0 Å². The monoisotopic (exact) mass is 206 g/mol. The van der Waals surface area contributed by atoms with E-state index in [1.54, 1.807) is 6.08 Å². The highest BCUT2D eigenvalue weighted by molar-refractivity contribution is 5.96. The summed E-state index contributed by atoms with van der Waals surface area (Å²) in [6.45, 7) is 5.46. The molecule has 0 aliphatic heterocycles. The molecule has 0 spiro atoms. The molecule has 0 fully saturated rings. The van der Waals surface area contributed by atoms with E-state index in [4.69, 9.17) is 0 Å². The van der Waals surface area contributed by atoms with Crippen molar-refractivity contribution in [3.63, 3.8) is 0 Å². The summed E-state index contributed by atoms with van der Waals surface area (Å²) in [4.78, 5) is 15.3. The van der Waals surface area contributed by atoms with E-state index in [1.165, 1.54) is 18.5 Å². The van der Waals surface area contributed by atoms with E-state index in [9.17, 15) is 9.90 Å². The summed E-state index contributed by atoms with van der Waals surface area (Å²) in [6, 6.07) is 1.48. The van der Waals surface area contributed by atoms with Crippen LogP contribution in [-0.4, -0.2) is 22.0 Å². The molecule has 0 bridgehead atoms. The molecule has 1 aromatic rings. The number of amides is 1. The number of carbonyl (C=O) groups excluding carboxylic acids is 1. The summed E-state index contributed by atoms with van der Waals surface area (Å²) < 4.78 is 0. The molecule has 0 saturated heterocycles. The van der Waals surface area contributed by atoms with Gasteiger partial charge in [0.05, 0.1) is 11.8 Å². The van der Waals surface area contributed by atoms with Crippen molar-refractivity contribution in [1.29, 1.82) is 0 Å². The fourth-order valence-electron chi connectivity index (χ4n) is 1.19. The number of hydrogen-bond donors (Lipinski definition) is 2. The average molecular weight is 206 g/mol. The lowest BCUT2D eigenvalue weighted by Crippen LogP contribution is -2.32. The molecule has 1 rings (SSSR count). The fraction of sp³-hybridized carbons (Fsp3) is 0.273. The van der Waals surface area contributed by atoms with E-state index < -0.39 is 0 Å². The lowest BCUT2D eigenvalue weighted by molar-refractivity contribution is 0.0937. The van der Waals surface area contributed by atoms with Crippen LogP contribution in [0.4, 0.5) is 0 Å². The Hall–Kier alpha value is -1.84. The van der Waals surface area contributed by atoms with Crippen LogP contribution in [0.25, 0.3) is 0 Å². The van der Waals surface area contributed by atoms with Crippen LogP contribution in [0.2, 0.25) is 0 Å². The highest BCUT2D eigenvalue weighted by atomic mass is 16.3. The van der Waals surface area contributed by atoms with Gasteiger partial charge in [0.15, 0.2) is 0 Å². The van der Waals surface area contributed by atoms with Gasteiger partial charge in [0, 0.05) is 12.2 Å². The second-order valence-electron chi connectivity index (χ2n) is 3.29. The Morgan fingerprint density at radius 2 is 2.53 bits per heavy atom. The van der Waals surface area contributed by atoms with E-state index in [0.29, 0.717) is 6.42 Å². The highest BCUT2D eigenvalue weighted by Gasteiger charge is 2.12. The van der Waals surface area contributed by atoms with Gasteiger partial charge in [-0.05, 0) is 19.4 Å². The van der Waals surface area contributed by atoms with E-state index in [0.717, 1.165) is 0 Å². The number of nitrogens with zero attached hydrogens (tertiary/aromatic N) is 1. The number of aromatic hydroxyl groups is 1. The molecule has 1 unspecified atom stereocenters. The van der Waals surface area contributed by atoms with Crippen molar-refractivity contribution in [1.82, 2.24) is 10.3 Å². The van der Waals surface area contributed by atoms with Crippen molar-refractivity contribution in [2.24, 2.45) is 0 Å². The molecule has 4 heteroatoms. The van der Waals surface area contributed by atoms with Gasteiger partial charge in [-0.15, -0.1) is 6.58 Å². The van der Waals surface area contributed by atoms with Crippen molar-refractivity contribution in [3.8, 4) is 5.75 Å². The molecule has 0 radical (unpaired) electrons. The molecule has 0 aliphatic carbocycles. The molecule has 1 heterocycles. The van der Waals surface area contributed by atoms with Gasteiger partial charge in [0.1, 0.15) is 5.75 Å². The number of nitrogens with one attached hydrogen (secondary N) is 1. The fourth-order valence-corrected chi connectivity index (χ4v) is 1.19. The number of hydrogen-bond acceptors (Lipinski definition) is 3. The van der Waals surface area contributed by atoms with Gasteiger partial charge in [0.25, 0.3) is 5.91 Å². The van der Waals surface area contributed by atoms with Gasteiger partial charge < -0.3 is 10.4 Å². The van der Waals surface area contributed by atoms with Gasteiger partial charge in [-0.25, -0.2) is 0 Å². The summed E-state index contributed by atoms with van der Waals surface area (Å²) in [5.41, 5.74) is 0.237. The molecule has 2 N–H and O–H groups in total. The first-order valence-electron chi connectivity index (χ1n) is 4.70. The Balaban J connectivity index is 2.69. The van der Waals surface area contributed by atoms with Crippen LogP contribution in [0.1, 0.15) is 23.7 Å². The van der Waals surface area contributed by atoms with Crippen LogP contribution >= 0.6 is 0 Å². The first kappa shape index (κ1) is 11.2. The van der Waals surface area contributed by atoms with E-state index in [2.05, 4.69) is 16.9 Å². The van der Waals surface area contributed by atoms with Crippen LogP contribution in [0.15, 0.2) is 31.1 Å². The van der Waals surface area contributed by atoms with Crippen molar-refractivity contribution in [3.05, 3.63) is 36.7 Å². The summed E-state index contributed by atoms with van der Waals surface area (Å²) in [5, 5.41) is 12.1. The van der Waals surface area contributed by atoms with Gasteiger partial charge >= 0.3 is 0 Å². The van der Waals surface area contributed by atoms with Crippen molar-refractivity contribution in [2.45, 2.75) is 19.4 Å². The minimum atomic E-state index is -0.302. The normalized spacial score (nSPS) is 11.8. The zero-order chi connectivity index (χ0) is 11.3. The maximum atomic E-state index is 11.6. The highest BCUT2D eigenvalue weighted by Crippen LogP contribution is 2.13. The van der Waals surface area contributed by atoms with E-state index >= 15 is 0 Å². The maximum Gasteiger partial charge on any atom is 0.255 e. The first-order chi connectivity index (χ1) is 7.15. The van der Waals surface area contributed by atoms with Crippen molar-refractivity contribution in [2.75, 3.05) is 0 Å². The first-order valence-corrected chi connectivity index (χ1v) is 4.70. The minimum absolute atomic E-state index is 0.00238. The second kappa shape index (κ2) is 5.14. The topological polar surface area (TPSA) is 62.2 Å². The molecule has 15 heavy (non-hydrogen) atoms.